The number of aromatic nitrogens is 2. The first kappa shape index (κ1) is 43.2. The summed E-state index contributed by atoms with van der Waals surface area (Å²) in [6.45, 7) is 5.75. The molecule has 7 rings (SSSR count). The number of hydrogen-bond acceptors (Lipinski definition) is 4. The van der Waals surface area contributed by atoms with E-state index in [0.29, 0.717) is 10.9 Å². The molecule has 13 heteroatoms. The average molecular weight is 825 g/mol. The molecular formula is C48H49FN6O6. The summed E-state index contributed by atoms with van der Waals surface area (Å²) >= 11 is 0. The van der Waals surface area contributed by atoms with Gasteiger partial charge >= 0.3 is 12.2 Å². The van der Waals surface area contributed by atoms with E-state index in [1.165, 1.54) is 17.0 Å². The van der Waals surface area contributed by atoms with Gasteiger partial charge in [-0.3, -0.25) is 14.5 Å². The number of carboxylic acid groups (broad SMARTS) is 2. The number of H-pyrrole nitrogens is 2. The first-order valence-corrected chi connectivity index (χ1v) is 19.9. The lowest BCUT2D eigenvalue weighted by Gasteiger charge is -2.34. The molecule has 0 aliphatic rings. The van der Waals surface area contributed by atoms with Crippen molar-refractivity contribution in [3.05, 3.63) is 179 Å². The number of carbonyl (C=O) groups excluding carboxylic acids is 2. The summed E-state index contributed by atoms with van der Waals surface area (Å²) in [5.41, 5.74) is 5.93. The van der Waals surface area contributed by atoms with E-state index in [-0.39, 0.29) is 36.9 Å². The van der Waals surface area contributed by atoms with Crippen LogP contribution < -0.4 is 16.0 Å². The SMILES string of the molecule is CC(NC(=O)[C@H](C(C)c1c[nH]c2ccccc12)N(Cc1ccccc1)C(=O)O)c1ccccc1.CC(NC(=O)[C@H](Cc1c[nH]c2ccc(F)cc12)NC(=O)O)c1ccccc1. The number of benzene rings is 5. The lowest BCUT2D eigenvalue weighted by atomic mass is 9.90. The van der Waals surface area contributed by atoms with E-state index in [4.69, 9.17) is 5.11 Å². The summed E-state index contributed by atoms with van der Waals surface area (Å²) < 4.78 is 13.6. The quantitative estimate of drug-likeness (QED) is 0.0575. The molecule has 0 saturated carbocycles. The maximum atomic E-state index is 13.7. The molecule has 4 amide bonds. The van der Waals surface area contributed by atoms with Crippen LogP contribution in [0.25, 0.3) is 21.8 Å². The molecule has 314 valence electrons. The van der Waals surface area contributed by atoms with Crippen LogP contribution in [0.2, 0.25) is 0 Å². The monoisotopic (exact) mass is 824 g/mol. The van der Waals surface area contributed by atoms with Crippen LogP contribution in [0.1, 0.15) is 66.6 Å². The Bertz CT molecular complexity index is 2560. The zero-order valence-corrected chi connectivity index (χ0v) is 34.0. The maximum absolute atomic E-state index is 13.7. The number of fused-ring (bicyclic) bond motifs is 2. The molecule has 0 aliphatic heterocycles. The van der Waals surface area contributed by atoms with Crippen LogP contribution in [0, 0.1) is 5.82 Å². The van der Waals surface area contributed by atoms with Crippen molar-refractivity contribution >= 4 is 45.8 Å². The van der Waals surface area contributed by atoms with Gasteiger partial charge in [0.25, 0.3) is 0 Å². The molecule has 2 heterocycles. The van der Waals surface area contributed by atoms with Crippen molar-refractivity contribution in [2.24, 2.45) is 0 Å². The fraction of sp³-hybridized carbons (Fsp3) is 0.208. The van der Waals surface area contributed by atoms with Crippen molar-refractivity contribution in [3.8, 4) is 0 Å². The summed E-state index contributed by atoms with van der Waals surface area (Å²) in [5.74, 6) is -1.56. The number of nitrogens with one attached hydrogen (secondary N) is 5. The van der Waals surface area contributed by atoms with Crippen molar-refractivity contribution in [2.75, 3.05) is 0 Å². The topological polar surface area (TPSA) is 180 Å². The molecule has 0 saturated heterocycles. The van der Waals surface area contributed by atoms with Gasteiger partial charge in [-0.15, -0.1) is 0 Å². The molecule has 7 aromatic rings. The van der Waals surface area contributed by atoms with Gasteiger partial charge in [-0.1, -0.05) is 116 Å². The van der Waals surface area contributed by atoms with E-state index in [1.807, 2.05) is 142 Å². The molecule has 2 aromatic heterocycles. The van der Waals surface area contributed by atoms with Gasteiger partial charge in [0.1, 0.15) is 17.9 Å². The Labute approximate surface area is 352 Å². The third-order valence-electron chi connectivity index (χ3n) is 10.7. The van der Waals surface area contributed by atoms with Gasteiger partial charge in [0.15, 0.2) is 0 Å². The standard InChI is InChI=1S/C28H29N3O3.C20H20FN3O3/c1-19(24-17-29-25-16-10-9-15-23(24)25)26(27(32)30-20(2)22-13-7-4-8-14-22)31(28(33)34)18-21-11-5-3-6-12-21;1-12(13-5-3-2-4-6-13)23-19(25)18(24-20(26)27)9-14-11-22-17-8-7-15(21)10-16(14)17/h3-17,19-20,26,29H,18H2,1-2H3,(H,30,32)(H,33,34);2-8,10-12,18,22,24H,9H2,1H3,(H,23,25)(H,26,27)/t19?,20?,26-;12?,18-/m00/s1. The third-order valence-corrected chi connectivity index (χ3v) is 10.7. The zero-order valence-electron chi connectivity index (χ0n) is 34.0. The minimum Gasteiger partial charge on any atom is -0.465 e. The molecule has 5 atom stereocenters. The fourth-order valence-corrected chi connectivity index (χ4v) is 7.50. The van der Waals surface area contributed by atoms with Crippen molar-refractivity contribution in [1.82, 2.24) is 30.8 Å². The number of para-hydroxylation sites is 1. The highest BCUT2D eigenvalue weighted by Gasteiger charge is 2.37. The highest BCUT2D eigenvalue weighted by Crippen LogP contribution is 2.32. The second-order valence-electron chi connectivity index (χ2n) is 14.9. The van der Waals surface area contributed by atoms with E-state index >= 15 is 0 Å². The number of carbonyl (C=O) groups is 4. The Hall–Kier alpha value is -7.41. The van der Waals surface area contributed by atoms with Gasteiger partial charge in [0.2, 0.25) is 11.8 Å². The molecule has 12 nitrogen and oxygen atoms in total. The van der Waals surface area contributed by atoms with Crippen LogP contribution in [0.5, 0.6) is 0 Å². The number of rotatable bonds is 14. The second-order valence-corrected chi connectivity index (χ2v) is 14.9. The molecule has 0 radical (unpaired) electrons. The van der Waals surface area contributed by atoms with Crippen LogP contribution in [0.3, 0.4) is 0 Å². The van der Waals surface area contributed by atoms with Gasteiger partial charge in [-0.2, -0.15) is 0 Å². The van der Waals surface area contributed by atoms with E-state index in [0.717, 1.165) is 38.7 Å². The molecular weight excluding hydrogens is 776 g/mol. The summed E-state index contributed by atoms with van der Waals surface area (Å²) in [4.78, 5) is 57.5. The maximum Gasteiger partial charge on any atom is 0.408 e. The number of hydrogen-bond donors (Lipinski definition) is 7. The molecule has 0 spiro atoms. The van der Waals surface area contributed by atoms with Gasteiger partial charge in [-0.25, -0.2) is 14.0 Å². The Balaban J connectivity index is 0.000000210. The van der Waals surface area contributed by atoms with Gasteiger partial charge in [-0.05, 0) is 65.9 Å². The first-order valence-electron chi connectivity index (χ1n) is 19.9. The highest BCUT2D eigenvalue weighted by molar-refractivity contribution is 5.90. The summed E-state index contributed by atoms with van der Waals surface area (Å²) in [6.07, 6.45) is 1.20. The lowest BCUT2D eigenvalue weighted by Crippen LogP contribution is -2.51. The largest absolute Gasteiger partial charge is 0.465 e. The smallest absolute Gasteiger partial charge is 0.408 e. The van der Waals surface area contributed by atoms with E-state index in [9.17, 15) is 28.7 Å². The Morgan fingerprint density at radius 1 is 0.639 bits per heavy atom. The lowest BCUT2D eigenvalue weighted by molar-refractivity contribution is -0.127. The Morgan fingerprint density at radius 3 is 1.79 bits per heavy atom. The summed E-state index contributed by atoms with van der Waals surface area (Å²) in [5, 5.41) is 29.0. The minimum atomic E-state index is -1.30. The molecule has 7 N–H and O–H groups in total. The van der Waals surface area contributed by atoms with Crippen LogP contribution in [0.15, 0.2) is 146 Å². The normalized spacial score (nSPS) is 13.4. The van der Waals surface area contributed by atoms with Crippen molar-refractivity contribution < 1.29 is 33.8 Å². The number of aromatic amines is 2. The second kappa shape index (κ2) is 20.0. The van der Waals surface area contributed by atoms with Crippen molar-refractivity contribution in [3.63, 3.8) is 0 Å². The van der Waals surface area contributed by atoms with Crippen LogP contribution in [-0.2, 0) is 22.6 Å². The van der Waals surface area contributed by atoms with Crippen LogP contribution >= 0.6 is 0 Å². The molecule has 0 fully saturated rings. The number of amides is 4. The number of nitrogens with zero attached hydrogens (tertiary/aromatic N) is 1. The summed E-state index contributed by atoms with van der Waals surface area (Å²) in [7, 11) is 0. The average Bonchev–Trinajstić information content (AvgIpc) is 3.88. The molecule has 0 aliphatic carbocycles. The van der Waals surface area contributed by atoms with E-state index in [1.54, 1.807) is 12.3 Å². The van der Waals surface area contributed by atoms with Gasteiger partial charge < -0.3 is 36.1 Å². The van der Waals surface area contributed by atoms with E-state index < -0.39 is 36.0 Å². The van der Waals surface area contributed by atoms with Crippen molar-refractivity contribution in [1.29, 1.82) is 0 Å². The Kier molecular flexibility index (Phi) is 14.2. The predicted octanol–water partition coefficient (Wildman–Crippen LogP) is 9.06. The van der Waals surface area contributed by atoms with Gasteiger partial charge in [0, 0.05) is 53.1 Å². The van der Waals surface area contributed by atoms with E-state index in [2.05, 4.69) is 25.9 Å². The summed E-state index contributed by atoms with van der Waals surface area (Å²) in [6, 6.07) is 38.1. The predicted molar refractivity (Wildman–Crippen MR) is 233 cm³/mol. The molecule has 3 unspecified atom stereocenters. The molecule has 61 heavy (non-hydrogen) atoms. The van der Waals surface area contributed by atoms with Gasteiger partial charge in [0.05, 0.1) is 12.1 Å². The third kappa shape index (κ3) is 11.0. The molecule has 0 bridgehead atoms. The van der Waals surface area contributed by atoms with Crippen molar-refractivity contribution in [2.45, 2.75) is 63.8 Å². The van der Waals surface area contributed by atoms with Crippen LogP contribution in [-0.4, -0.2) is 61.2 Å². The minimum absolute atomic E-state index is 0.100. The zero-order chi connectivity index (χ0) is 43.5. The first-order chi connectivity index (χ1) is 29.4. The number of halogens is 1. The molecule has 5 aromatic carbocycles. The Morgan fingerprint density at radius 2 is 1.18 bits per heavy atom. The fourth-order valence-electron chi connectivity index (χ4n) is 7.50. The van der Waals surface area contributed by atoms with Crippen LogP contribution in [0.4, 0.5) is 14.0 Å². The highest BCUT2D eigenvalue weighted by atomic mass is 19.1.